The van der Waals surface area contributed by atoms with Crippen molar-refractivity contribution in [3.63, 3.8) is 0 Å². The second-order valence-corrected chi connectivity index (χ2v) is 13.5. The van der Waals surface area contributed by atoms with Gasteiger partial charge in [-0.3, -0.25) is 9.44 Å². The second kappa shape index (κ2) is 9.59. The summed E-state index contributed by atoms with van der Waals surface area (Å²) in [5, 5.41) is 0.588. The molecule has 1 heterocycles. The van der Waals surface area contributed by atoms with Gasteiger partial charge in [0.25, 0.3) is 20.0 Å². The molecule has 0 saturated heterocycles. The van der Waals surface area contributed by atoms with Gasteiger partial charge in [-0.1, -0.05) is 46.4 Å². The fourth-order valence-corrected chi connectivity index (χ4v) is 7.79. The second-order valence-electron chi connectivity index (χ2n) is 7.25. The van der Waals surface area contributed by atoms with Crippen molar-refractivity contribution in [1.29, 1.82) is 0 Å². The minimum absolute atomic E-state index is 0.0151. The van der Waals surface area contributed by atoms with Gasteiger partial charge < -0.3 is 0 Å². The van der Waals surface area contributed by atoms with Crippen LogP contribution in [0.1, 0.15) is 5.56 Å². The molecule has 0 amide bonds. The summed E-state index contributed by atoms with van der Waals surface area (Å²) in [7, 11) is -8.46. The predicted molar refractivity (Wildman–Crippen MR) is 141 cm³/mol. The number of fused-ring (bicyclic) bond motifs is 1. The molecule has 0 aliphatic heterocycles. The van der Waals surface area contributed by atoms with Crippen molar-refractivity contribution < 1.29 is 21.2 Å². The number of anilines is 2. The van der Waals surface area contributed by atoms with Gasteiger partial charge in [0.05, 0.1) is 36.4 Å². The Hall–Kier alpha value is -1.79. The van der Waals surface area contributed by atoms with Crippen molar-refractivity contribution >= 4 is 99.2 Å². The predicted octanol–water partition coefficient (Wildman–Crippen LogP) is 7.56. The first-order valence-electron chi connectivity index (χ1n) is 9.47. The van der Waals surface area contributed by atoms with Crippen LogP contribution in [-0.2, 0) is 20.0 Å². The maximum Gasteiger partial charge on any atom is 0.271 e. The van der Waals surface area contributed by atoms with Crippen LogP contribution >= 0.6 is 57.7 Å². The lowest BCUT2D eigenvalue weighted by Crippen LogP contribution is -2.17. The third-order valence-electron chi connectivity index (χ3n) is 4.85. The molecule has 1 aromatic heterocycles. The molecule has 0 radical (unpaired) electrons. The van der Waals surface area contributed by atoms with Crippen LogP contribution in [0, 0.1) is 12.7 Å². The lowest BCUT2D eigenvalue weighted by Gasteiger charge is -2.16. The molecule has 0 saturated carbocycles. The van der Waals surface area contributed by atoms with E-state index in [9.17, 15) is 21.2 Å². The average molecular weight is 614 g/mol. The number of aryl methyl sites for hydroxylation is 1. The molecule has 0 bridgehead atoms. The van der Waals surface area contributed by atoms with Gasteiger partial charge in [0.15, 0.2) is 0 Å². The van der Waals surface area contributed by atoms with E-state index in [-0.39, 0.29) is 40.6 Å². The highest BCUT2D eigenvalue weighted by Gasteiger charge is 2.25. The van der Waals surface area contributed by atoms with Crippen LogP contribution in [0.2, 0.25) is 20.1 Å². The molecule has 0 atom stereocenters. The molecule has 0 spiro atoms. The zero-order chi connectivity index (χ0) is 25.7. The summed E-state index contributed by atoms with van der Waals surface area (Å²) < 4.78 is 71.3. The number of sulfonamides is 2. The van der Waals surface area contributed by atoms with Crippen LogP contribution in [0.4, 0.5) is 15.8 Å². The highest BCUT2D eigenvalue weighted by molar-refractivity contribution is 7.95. The van der Waals surface area contributed by atoms with Gasteiger partial charge in [-0.2, -0.15) is 0 Å². The number of halogens is 5. The van der Waals surface area contributed by atoms with Crippen molar-refractivity contribution in [3.05, 3.63) is 80.0 Å². The van der Waals surface area contributed by atoms with E-state index in [1.807, 2.05) is 0 Å². The quantitative estimate of drug-likeness (QED) is 0.235. The minimum atomic E-state index is -4.23. The van der Waals surface area contributed by atoms with E-state index in [1.165, 1.54) is 42.5 Å². The molecule has 0 fully saturated rings. The van der Waals surface area contributed by atoms with Crippen LogP contribution in [0.25, 0.3) is 10.1 Å². The van der Waals surface area contributed by atoms with Gasteiger partial charge in [0, 0.05) is 4.70 Å². The third kappa shape index (κ3) is 5.34. The molecule has 14 heteroatoms. The minimum Gasteiger partial charge on any atom is -0.277 e. The summed E-state index contributed by atoms with van der Waals surface area (Å²) in [4.78, 5) is -0.214. The molecule has 184 valence electrons. The Balaban J connectivity index is 1.76. The Labute approximate surface area is 224 Å². The molecule has 2 N–H and O–H groups in total. The zero-order valence-electron chi connectivity index (χ0n) is 17.4. The smallest absolute Gasteiger partial charge is 0.271 e. The van der Waals surface area contributed by atoms with Crippen molar-refractivity contribution in [3.8, 4) is 0 Å². The Morgan fingerprint density at radius 2 is 1.31 bits per heavy atom. The van der Waals surface area contributed by atoms with E-state index in [2.05, 4.69) is 9.44 Å². The normalized spacial score (nSPS) is 12.2. The lowest BCUT2D eigenvalue weighted by molar-refractivity contribution is 0.599. The number of nitrogens with one attached hydrogen (secondary N) is 2. The Kier molecular flexibility index (Phi) is 7.20. The summed E-state index contributed by atoms with van der Waals surface area (Å²) in [5.74, 6) is -0.501. The lowest BCUT2D eigenvalue weighted by atomic mass is 10.2. The number of hydrogen-bond acceptors (Lipinski definition) is 5. The molecular formula is C21H13Cl4FN2O4S3. The third-order valence-corrected chi connectivity index (χ3v) is 10.9. The van der Waals surface area contributed by atoms with Gasteiger partial charge in [0.1, 0.15) is 10.0 Å². The number of benzene rings is 3. The molecule has 0 aliphatic carbocycles. The van der Waals surface area contributed by atoms with Crippen molar-refractivity contribution in [1.82, 2.24) is 0 Å². The highest BCUT2D eigenvalue weighted by Crippen LogP contribution is 2.39. The largest absolute Gasteiger partial charge is 0.277 e. The van der Waals surface area contributed by atoms with E-state index in [4.69, 9.17) is 46.4 Å². The molecule has 3 aromatic carbocycles. The van der Waals surface area contributed by atoms with Gasteiger partial charge in [0.2, 0.25) is 0 Å². The average Bonchev–Trinajstić information content (AvgIpc) is 3.10. The maximum atomic E-state index is 13.7. The molecule has 4 aromatic rings. The fraction of sp³-hybridized carbons (Fsp3) is 0.0476. The van der Waals surface area contributed by atoms with Crippen LogP contribution in [0.3, 0.4) is 0 Å². The van der Waals surface area contributed by atoms with Crippen LogP contribution in [0.15, 0.2) is 57.6 Å². The maximum absolute atomic E-state index is 13.7. The van der Waals surface area contributed by atoms with E-state index >= 15 is 0 Å². The van der Waals surface area contributed by atoms with E-state index in [0.29, 0.717) is 15.6 Å². The highest BCUT2D eigenvalue weighted by atomic mass is 35.5. The molecule has 6 nitrogen and oxygen atoms in total. The monoisotopic (exact) mass is 612 g/mol. The van der Waals surface area contributed by atoms with E-state index in [0.717, 1.165) is 17.4 Å². The standard InChI is InChI=1S/C21H13Cl4FN2O4S3/c1-10-13-6-11(26)2-5-20(13)33-21(10)35(31,32)28-19-9-17(25)16(24)8-18(19)27-34(29,30)12-3-4-14(22)15(23)7-12/h2-9,27-28H,1H3. The summed E-state index contributed by atoms with van der Waals surface area (Å²) >= 11 is 24.9. The molecule has 0 aliphatic rings. The van der Waals surface area contributed by atoms with Gasteiger partial charge in [-0.15, -0.1) is 11.3 Å². The first-order chi connectivity index (χ1) is 16.3. The van der Waals surface area contributed by atoms with Crippen LogP contribution in [-0.4, -0.2) is 16.8 Å². The topological polar surface area (TPSA) is 92.3 Å². The molecule has 0 unspecified atom stereocenters. The molecule has 4 rings (SSSR count). The molecular weight excluding hydrogens is 601 g/mol. The van der Waals surface area contributed by atoms with Crippen LogP contribution < -0.4 is 9.44 Å². The summed E-state index contributed by atoms with van der Waals surface area (Å²) in [6, 6.07) is 10.00. The van der Waals surface area contributed by atoms with Crippen LogP contribution in [0.5, 0.6) is 0 Å². The first-order valence-corrected chi connectivity index (χ1v) is 14.8. The molecule has 35 heavy (non-hydrogen) atoms. The van der Waals surface area contributed by atoms with Gasteiger partial charge >= 0.3 is 0 Å². The summed E-state index contributed by atoms with van der Waals surface area (Å²) in [6.07, 6.45) is 0. The Morgan fingerprint density at radius 1 is 0.743 bits per heavy atom. The SMILES string of the molecule is Cc1c(S(=O)(=O)Nc2cc(Cl)c(Cl)cc2NS(=O)(=O)c2ccc(Cl)c(Cl)c2)sc2ccc(F)cc12. The summed E-state index contributed by atoms with van der Waals surface area (Å²) in [5.41, 5.74) is -0.0140. The van der Waals surface area contributed by atoms with Crippen molar-refractivity contribution in [2.24, 2.45) is 0 Å². The Bertz CT molecular complexity index is 1710. The summed E-state index contributed by atoms with van der Waals surface area (Å²) in [6.45, 7) is 1.55. The van der Waals surface area contributed by atoms with Crippen molar-refractivity contribution in [2.75, 3.05) is 9.44 Å². The fourth-order valence-electron chi connectivity index (χ4n) is 3.18. The number of rotatable bonds is 6. The van der Waals surface area contributed by atoms with E-state index in [1.54, 1.807) is 6.92 Å². The Morgan fingerprint density at radius 3 is 1.91 bits per heavy atom. The van der Waals surface area contributed by atoms with Crippen molar-refractivity contribution in [2.45, 2.75) is 16.0 Å². The number of thiophene rings is 1. The zero-order valence-corrected chi connectivity index (χ0v) is 22.8. The van der Waals surface area contributed by atoms with Gasteiger partial charge in [-0.05, 0) is 66.4 Å². The first kappa shape index (κ1) is 26.3. The van der Waals surface area contributed by atoms with E-state index < -0.39 is 25.9 Å². The number of hydrogen-bond donors (Lipinski definition) is 2. The van der Waals surface area contributed by atoms with Gasteiger partial charge in [-0.25, -0.2) is 21.2 Å².